The van der Waals surface area contributed by atoms with Gasteiger partial charge in [-0.25, -0.2) is 13.9 Å². The molecule has 2 saturated heterocycles. The Balaban J connectivity index is 1.59. The quantitative estimate of drug-likeness (QED) is 0.167. The maximum Gasteiger partial charge on any atom is 0.483 e. The van der Waals surface area contributed by atoms with Crippen molar-refractivity contribution >= 4 is 15.6 Å². The molecular weight excluding hydrogens is 522 g/mol. The third-order valence-corrected chi connectivity index (χ3v) is 7.91. The molecule has 2 unspecified atom stereocenters. The Morgan fingerprint density at radius 3 is 2.40 bits per heavy atom. The first-order valence-electron chi connectivity index (χ1n) is 10.2. The van der Waals surface area contributed by atoms with Crippen LogP contribution in [0.3, 0.4) is 0 Å². The number of hydrogen-bond acceptors (Lipinski definition) is 13. The zero-order valence-electron chi connectivity index (χ0n) is 18.3. The lowest BCUT2D eigenvalue weighted by Crippen LogP contribution is -2.57. The summed E-state index contributed by atoms with van der Waals surface area (Å²) in [7, 11) is -10.8. The number of ether oxygens (including phenoxy) is 2. The fraction of sp³-hybridized carbons (Fsp3) is 0.750. The monoisotopic (exact) mass is 548 g/mol. The minimum atomic E-state index is -5.44. The molecule has 19 heteroatoms. The average Bonchev–Trinajstić information content (AvgIpc) is 3.11. The van der Waals surface area contributed by atoms with E-state index in [9.17, 15) is 48.9 Å². The molecule has 0 aromatic carbocycles. The van der Waals surface area contributed by atoms with Crippen LogP contribution < -0.4 is 11.2 Å². The van der Waals surface area contributed by atoms with E-state index in [0.717, 1.165) is 4.57 Å². The molecule has 10 atom stereocenters. The summed E-state index contributed by atoms with van der Waals surface area (Å²) in [6, 6.07) is 0. The molecule has 35 heavy (non-hydrogen) atoms. The smallest absolute Gasteiger partial charge is 0.390 e. The Morgan fingerprint density at radius 2 is 1.74 bits per heavy atom. The SMILES string of the molecule is Cc1cn([C@H]2C[C@@H](O)[C@@H](COP(=O)(O)OP(=O)(O)O[C@H]3O[C@@H](C)[C@H](O)[C@@H](O)[C@H]3O)O2)c(=O)[nH]c1=O. The molecule has 0 bridgehead atoms. The molecule has 0 radical (unpaired) electrons. The van der Waals surface area contributed by atoms with Crippen molar-refractivity contribution in [3.8, 4) is 0 Å². The van der Waals surface area contributed by atoms with Crippen molar-refractivity contribution in [2.75, 3.05) is 6.61 Å². The molecule has 3 heterocycles. The summed E-state index contributed by atoms with van der Waals surface area (Å²) in [6.07, 6.45) is -11.0. The van der Waals surface area contributed by atoms with Gasteiger partial charge in [0.2, 0.25) is 0 Å². The normalized spacial score (nSPS) is 37.0. The van der Waals surface area contributed by atoms with Gasteiger partial charge in [-0.3, -0.25) is 23.4 Å². The van der Waals surface area contributed by atoms with E-state index in [0.29, 0.717) is 0 Å². The lowest BCUT2D eigenvalue weighted by atomic mass is 10.0. The van der Waals surface area contributed by atoms with Gasteiger partial charge < -0.3 is 39.7 Å². The van der Waals surface area contributed by atoms with Crippen LogP contribution in [0.5, 0.6) is 0 Å². The number of aromatic nitrogens is 2. The molecule has 17 nitrogen and oxygen atoms in total. The topological polar surface area (TPSA) is 257 Å². The summed E-state index contributed by atoms with van der Waals surface area (Å²) in [6.45, 7) is 1.88. The van der Waals surface area contributed by atoms with Crippen molar-refractivity contribution < 1.29 is 62.2 Å². The fourth-order valence-corrected chi connectivity index (χ4v) is 5.57. The molecule has 0 aliphatic carbocycles. The average molecular weight is 548 g/mol. The number of phosphoric ester groups is 2. The van der Waals surface area contributed by atoms with Gasteiger partial charge in [0.05, 0.1) is 18.8 Å². The number of rotatable bonds is 8. The van der Waals surface area contributed by atoms with Crippen LogP contribution in [0, 0.1) is 6.92 Å². The van der Waals surface area contributed by atoms with Crippen molar-refractivity contribution in [3.63, 3.8) is 0 Å². The summed E-state index contributed by atoms with van der Waals surface area (Å²) >= 11 is 0. The Morgan fingerprint density at radius 1 is 1.09 bits per heavy atom. The van der Waals surface area contributed by atoms with E-state index in [4.69, 9.17) is 9.47 Å². The van der Waals surface area contributed by atoms with Gasteiger partial charge in [0, 0.05) is 18.2 Å². The third kappa shape index (κ3) is 6.72. The van der Waals surface area contributed by atoms with Crippen LogP contribution in [0.15, 0.2) is 15.8 Å². The van der Waals surface area contributed by atoms with Gasteiger partial charge in [0.25, 0.3) is 5.56 Å². The zero-order chi connectivity index (χ0) is 26.3. The van der Waals surface area contributed by atoms with Gasteiger partial charge in [-0.05, 0) is 13.8 Å². The molecule has 0 amide bonds. The standard InChI is InChI=1S/C16H26N2O15P2/c1-6-4-18(16(24)17-14(6)23)10-3-8(19)9(31-10)5-29-34(25,26)33-35(27,28)32-15-13(22)12(21)11(20)7(2)30-15/h4,7-13,15,19-22H,3,5H2,1-2H3,(H,25,26)(H,27,28)(H,17,23,24)/t7-,8+,9+,10+,11-,12+,13+,15+/m0/s1. The minimum absolute atomic E-state index is 0.152. The molecule has 0 saturated carbocycles. The van der Waals surface area contributed by atoms with E-state index in [1.165, 1.54) is 20.0 Å². The number of aliphatic hydroxyl groups is 4. The van der Waals surface area contributed by atoms with Crippen LogP contribution in [0.4, 0.5) is 0 Å². The van der Waals surface area contributed by atoms with E-state index in [1.807, 2.05) is 0 Å². The molecule has 2 fully saturated rings. The zero-order valence-corrected chi connectivity index (χ0v) is 20.1. The molecule has 2 aliphatic heterocycles. The molecule has 3 rings (SSSR count). The van der Waals surface area contributed by atoms with E-state index in [-0.39, 0.29) is 12.0 Å². The van der Waals surface area contributed by atoms with Crippen molar-refractivity contribution in [1.82, 2.24) is 9.55 Å². The number of hydrogen-bond donors (Lipinski definition) is 7. The van der Waals surface area contributed by atoms with E-state index in [1.54, 1.807) is 0 Å². The van der Waals surface area contributed by atoms with Crippen molar-refractivity contribution in [2.45, 2.75) is 69.4 Å². The summed E-state index contributed by atoms with van der Waals surface area (Å²) in [5.74, 6) is 0. The first-order valence-corrected chi connectivity index (χ1v) is 13.1. The van der Waals surface area contributed by atoms with E-state index in [2.05, 4.69) is 18.3 Å². The molecule has 200 valence electrons. The highest BCUT2D eigenvalue weighted by molar-refractivity contribution is 7.61. The van der Waals surface area contributed by atoms with Crippen molar-refractivity contribution in [1.29, 1.82) is 0 Å². The lowest BCUT2D eigenvalue weighted by molar-refractivity contribution is -0.271. The van der Waals surface area contributed by atoms with Crippen molar-refractivity contribution in [3.05, 3.63) is 32.6 Å². The first-order chi connectivity index (χ1) is 16.1. The molecular formula is C16H26N2O15P2. The second kappa shape index (κ2) is 10.6. The van der Waals surface area contributed by atoms with E-state index >= 15 is 0 Å². The second-order valence-electron chi connectivity index (χ2n) is 8.01. The van der Waals surface area contributed by atoms with Gasteiger partial charge in [-0.1, -0.05) is 0 Å². The Labute approximate surface area is 196 Å². The largest absolute Gasteiger partial charge is 0.483 e. The van der Waals surface area contributed by atoms with Gasteiger partial charge in [0.15, 0.2) is 6.29 Å². The number of nitrogens with one attached hydrogen (secondary N) is 1. The number of aliphatic hydroxyl groups excluding tert-OH is 4. The van der Waals surface area contributed by atoms with Crippen LogP contribution in [-0.4, -0.2) is 89.3 Å². The number of aryl methyl sites for hydroxylation is 1. The van der Waals surface area contributed by atoms with Crippen LogP contribution in [-0.2, 0) is 32.0 Å². The third-order valence-electron chi connectivity index (χ3n) is 5.31. The molecule has 0 spiro atoms. The van der Waals surface area contributed by atoms with Crippen LogP contribution in [0.2, 0.25) is 0 Å². The van der Waals surface area contributed by atoms with Gasteiger partial charge >= 0.3 is 21.3 Å². The maximum absolute atomic E-state index is 12.2. The molecule has 7 N–H and O–H groups in total. The number of nitrogens with zero attached hydrogens (tertiary/aromatic N) is 1. The van der Waals surface area contributed by atoms with Gasteiger partial charge in [-0.2, -0.15) is 4.31 Å². The van der Waals surface area contributed by atoms with Crippen molar-refractivity contribution in [2.24, 2.45) is 0 Å². The van der Waals surface area contributed by atoms with E-state index < -0.39 is 82.6 Å². The predicted molar refractivity (Wildman–Crippen MR) is 111 cm³/mol. The highest BCUT2D eigenvalue weighted by Crippen LogP contribution is 2.61. The Kier molecular flexibility index (Phi) is 8.56. The van der Waals surface area contributed by atoms with Crippen LogP contribution in [0.25, 0.3) is 0 Å². The highest BCUT2D eigenvalue weighted by Gasteiger charge is 2.47. The molecule has 1 aromatic rings. The Hall–Kier alpha value is -1.30. The molecule has 1 aromatic heterocycles. The Bertz CT molecular complexity index is 1120. The van der Waals surface area contributed by atoms with Crippen LogP contribution >= 0.6 is 15.6 Å². The highest BCUT2D eigenvalue weighted by atomic mass is 31.3. The molecule has 2 aliphatic rings. The van der Waals surface area contributed by atoms with Gasteiger partial charge in [0.1, 0.15) is 30.6 Å². The summed E-state index contributed by atoms with van der Waals surface area (Å²) in [4.78, 5) is 45.2. The predicted octanol–water partition coefficient (Wildman–Crippen LogP) is -2.43. The van der Waals surface area contributed by atoms with Gasteiger partial charge in [-0.15, -0.1) is 0 Å². The second-order valence-corrected chi connectivity index (χ2v) is 11.0. The summed E-state index contributed by atoms with van der Waals surface area (Å²) in [5, 5.41) is 39.3. The first kappa shape index (κ1) is 28.3. The lowest BCUT2D eigenvalue weighted by Gasteiger charge is -2.38. The number of H-pyrrole nitrogens is 1. The maximum atomic E-state index is 12.2. The van der Waals surface area contributed by atoms with Crippen LogP contribution in [0.1, 0.15) is 25.1 Å². The summed E-state index contributed by atoms with van der Waals surface area (Å²) < 4.78 is 49.0. The fourth-order valence-electron chi connectivity index (χ4n) is 3.41. The number of aromatic amines is 1. The minimum Gasteiger partial charge on any atom is -0.390 e. The number of phosphoric acid groups is 2. The summed E-state index contributed by atoms with van der Waals surface area (Å²) in [5.41, 5.74) is -1.23.